The summed E-state index contributed by atoms with van der Waals surface area (Å²) in [6, 6.07) is 7.52. The molecule has 0 unspecified atom stereocenters. The van der Waals surface area contributed by atoms with Gasteiger partial charge in [0.2, 0.25) is 5.91 Å². The molecular weight excluding hydrogens is 292 g/mol. The van der Waals surface area contributed by atoms with Crippen molar-refractivity contribution in [2.75, 3.05) is 0 Å². The molecule has 0 fully saturated rings. The maximum Gasteiger partial charge on any atom is 0.276 e. The molecule has 0 saturated carbocycles. The standard InChI is InChI=1S/C17H20N4O2/c1-3-12(2)19-15(22)8-11-21-16-13(6-4-9-18-16)20-10-5-7-14(20)17(21)23/h4-7,9-10,12H,3,8,11H2,1-2H3,(H,19,22)/t12-/m1/s1. The first kappa shape index (κ1) is 15.3. The van der Waals surface area contributed by atoms with Crippen LogP contribution < -0.4 is 10.9 Å². The van der Waals surface area contributed by atoms with E-state index >= 15 is 0 Å². The third-order valence-corrected chi connectivity index (χ3v) is 4.08. The van der Waals surface area contributed by atoms with Crippen molar-refractivity contribution in [3.05, 3.63) is 47.0 Å². The Morgan fingerprint density at radius 1 is 1.30 bits per heavy atom. The molecule has 0 saturated heterocycles. The summed E-state index contributed by atoms with van der Waals surface area (Å²) in [6.45, 7) is 4.30. The number of hydrogen-bond acceptors (Lipinski definition) is 3. The highest BCUT2D eigenvalue weighted by Gasteiger charge is 2.13. The number of hydrogen-bond donors (Lipinski definition) is 1. The highest BCUT2D eigenvalue weighted by molar-refractivity contribution is 5.77. The van der Waals surface area contributed by atoms with Gasteiger partial charge >= 0.3 is 0 Å². The Labute approximate surface area is 133 Å². The number of aromatic nitrogens is 3. The van der Waals surface area contributed by atoms with E-state index in [-0.39, 0.29) is 23.9 Å². The van der Waals surface area contributed by atoms with E-state index in [0.717, 1.165) is 11.9 Å². The van der Waals surface area contributed by atoms with E-state index < -0.39 is 0 Å². The predicted molar refractivity (Wildman–Crippen MR) is 89.5 cm³/mol. The number of nitrogens with zero attached hydrogens (tertiary/aromatic N) is 3. The quantitative estimate of drug-likeness (QED) is 0.783. The lowest BCUT2D eigenvalue weighted by molar-refractivity contribution is -0.121. The largest absolute Gasteiger partial charge is 0.354 e. The number of rotatable bonds is 5. The number of carbonyl (C=O) groups is 1. The fourth-order valence-corrected chi connectivity index (χ4v) is 2.65. The van der Waals surface area contributed by atoms with E-state index in [1.165, 1.54) is 0 Å². The van der Waals surface area contributed by atoms with Gasteiger partial charge in [0.25, 0.3) is 5.56 Å². The first-order valence-corrected chi connectivity index (χ1v) is 7.85. The Bertz CT molecular complexity index is 910. The molecule has 1 amide bonds. The SMILES string of the molecule is CC[C@@H](C)NC(=O)CCn1c(=O)c2cccn2c2cccnc21. The van der Waals surface area contributed by atoms with Crippen LogP contribution >= 0.6 is 0 Å². The molecule has 6 heteroatoms. The van der Waals surface area contributed by atoms with Crippen LogP contribution in [0, 0.1) is 0 Å². The number of nitrogens with one attached hydrogen (secondary N) is 1. The topological polar surface area (TPSA) is 68.4 Å². The Balaban J connectivity index is 1.97. The van der Waals surface area contributed by atoms with Gasteiger partial charge in [0.1, 0.15) is 5.52 Å². The number of aryl methyl sites for hydroxylation is 1. The molecule has 0 aliphatic heterocycles. The van der Waals surface area contributed by atoms with E-state index in [0.29, 0.717) is 17.7 Å². The van der Waals surface area contributed by atoms with Crippen LogP contribution in [0.25, 0.3) is 16.7 Å². The normalized spacial score (nSPS) is 12.6. The van der Waals surface area contributed by atoms with Crippen molar-refractivity contribution in [3.63, 3.8) is 0 Å². The summed E-state index contributed by atoms with van der Waals surface area (Å²) in [5.74, 6) is -0.0504. The molecule has 3 rings (SSSR count). The van der Waals surface area contributed by atoms with Crippen LogP contribution in [0.3, 0.4) is 0 Å². The highest BCUT2D eigenvalue weighted by atomic mass is 16.2. The van der Waals surface area contributed by atoms with Crippen LogP contribution in [-0.4, -0.2) is 25.9 Å². The maximum absolute atomic E-state index is 12.7. The van der Waals surface area contributed by atoms with Crippen molar-refractivity contribution >= 4 is 22.6 Å². The Kier molecular flexibility index (Phi) is 4.14. The second-order valence-corrected chi connectivity index (χ2v) is 5.69. The molecule has 23 heavy (non-hydrogen) atoms. The van der Waals surface area contributed by atoms with E-state index in [9.17, 15) is 9.59 Å². The molecule has 3 heterocycles. The molecule has 120 valence electrons. The molecule has 0 aliphatic carbocycles. The number of amides is 1. The summed E-state index contributed by atoms with van der Waals surface area (Å²) in [4.78, 5) is 29.0. The zero-order valence-corrected chi connectivity index (χ0v) is 13.3. The minimum atomic E-state index is -0.127. The van der Waals surface area contributed by atoms with Crippen LogP contribution in [0.1, 0.15) is 26.7 Å². The first-order chi connectivity index (χ1) is 11.1. The van der Waals surface area contributed by atoms with Crippen molar-refractivity contribution in [1.82, 2.24) is 19.3 Å². The summed E-state index contributed by atoms with van der Waals surface area (Å²) in [6.07, 6.45) is 4.65. The van der Waals surface area contributed by atoms with Crippen LogP contribution in [0.5, 0.6) is 0 Å². The van der Waals surface area contributed by atoms with Gasteiger partial charge in [-0.05, 0) is 37.6 Å². The van der Waals surface area contributed by atoms with Gasteiger partial charge in [-0.25, -0.2) is 4.98 Å². The Hall–Kier alpha value is -2.63. The zero-order valence-electron chi connectivity index (χ0n) is 13.3. The van der Waals surface area contributed by atoms with E-state index in [1.54, 1.807) is 16.8 Å². The Morgan fingerprint density at radius 2 is 2.09 bits per heavy atom. The van der Waals surface area contributed by atoms with Gasteiger partial charge in [-0.3, -0.25) is 14.2 Å². The van der Waals surface area contributed by atoms with Crippen LogP contribution in [0.2, 0.25) is 0 Å². The van der Waals surface area contributed by atoms with Crippen molar-refractivity contribution in [1.29, 1.82) is 0 Å². The van der Waals surface area contributed by atoms with Crippen molar-refractivity contribution in [2.45, 2.75) is 39.3 Å². The molecule has 0 spiro atoms. The van der Waals surface area contributed by atoms with E-state index in [1.807, 2.05) is 42.6 Å². The van der Waals surface area contributed by atoms with Crippen LogP contribution in [0.15, 0.2) is 41.5 Å². The molecule has 3 aromatic heterocycles. The van der Waals surface area contributed by atoms with E-state index in [2.05, 4.69) is 10.3 Å². The third-order valence-electron chi connectivity index (χ3n) is 4.08. The molecule has 6 nitrogen and oxygen atoms in total. The molecule has 0 aliphatic rings. The second-order valence-electron chi connectivity index (χ2n) is 5.69. The average molecular weight is 312 g/mol. The van der Waals surface area contributed by atoms with Gasteiger partial charge in [-0.2, -0.15) is 0 Å². The van der Waals surface area contributed by atoms with Gasteiger partial charge in [0.05, 0.1) is 5.52 Å². The van der Waals surface area contributed by atoms with Gasteiger partial charge in [-0.15, -0.1) is 0 Å². The lowest BCUT2D eigenvalue weighted by atomic mass is 10.2. The van der Waals surface area contributed by atoms with Crippen LogP contribution in [-0.2, 0) is 11.3 Å². The number of pyridine rings is 1. The lowest BCUT2D eigenvalue weighted by Crippen LogP contribution is -2.33. The molecule has 1 N–H and O–H groups in total. The lowest BCUT2D eigenvalue weighted by Gasteiger charge is -2.13. The fourth-order valence-electron chi connectivity index (χ4n) is 2.65. The van der Waals surface area contributed by atoms with Crippen molar-refractivity contribution in [2.24, 2.45) is 0 Å². The Morgan fingerprint density at radius 3 is 2.87 bits per heavy atom. The second kappa shape index (κ2) is 6.24. The molecular formula is C17H20N4O2. The van der Waals surface area contributed by atoms with Crippen molar-refractivity contribution in [3.8, 4) is 0 Å². The molecule has 1 atom stereocenters. The molecule has 3 aromatic rings. The summed E-state index contributed by atoms with van der Waals surface area (Å²) in [7, 11) is 0. The minimum absolute atomic E-state index is 0.0504. The maximum atomic E-state index is 12.7. The smallest absolute Gasteiger partial charge is 0.276 e. The molecule has 0 aromatic carbocycles. The van der Waals surface area contributed by atoms with Gasteiger partial charge in [0.15, 0.2) is 5.65 Å². The average Bonchev–Trinajstić information content (AvgIpc) is 3.04. The van der Waals surface area contributed by atoms with Gasteiger partial charge in [-0.1, -0.05) is 6.92 Å². The summed E-state index contributed by atoms with van der Waals surface area (Å²) in [5.41, 5.74) is 1.91. The fraction of sp³-hybridized carbons (Fsp3) is 0.353. The number of carbonyl (C=O) groups excluding carboxylic acids is 1. The number of fused-ring (bicyclic) bond motifs is 3. The summed E-state index contributed by atoms with van der Waals surface area (Å²) < 4.78 is 3.42. The van der Waals surface area contributed by atoms with Crippen LogP contribution in [0.4, 0.5) is 0 Å². The van der Waals surface area contributed by atoms with Gasteiger partial charge in [0, 0.05) is 31.4 Å². The predicted octanol–water partition coefficient (Wildman–Crippen LogP) is 1.95. The zero-order chi connectivity index (χ0) is 16.4. The van der Waals surface area contributed by atoms with Gasteiger partial charge < -0.3 is 9.72 Å². The molecule has 0 radical (unpaired) electrons. The van der Waals surface area contributed by atoms with E-state index in [4.69, 9.17) is 0 Å². The third kappa shape index (κ3) is 2.84. The summed E-state index contributed by atoms with van der Waals surface area (Å²) >= 11 is 0. The first-order valence-electron chi connectivity index (χ1n) is 7.85. The molecule has 0 bridgehead atoms. The highest BCUT2D eigenvalue weighted by Crippen LogP contribution is 2.13. The minimum Gasteiger partial charge on any atom is -0.354 e. The monoisotopic (exact) mass is 312 g/mol. The summed E-state index contributed by atoms with van der Waals surface area (Å²) in [5, 5.41) is 2.92. The van der Waals surface area contributed by atoms with Crippen molar-refractivity contribution < 1.29 is 4.79 Å².